The van der Waals surface area contributed by atoms with Crippen molar-refractivity contribution in [2.24, 2.45) is 0 Å². The molecule has 0 saturated heterocycles. The van der Waals surface area contributed by atoms with E-state index in [1.165, 1.54) is 6.08 Å². The van der Waals surface area contributed by atoms with Gasteiger partial charge in [0.1, 0.15) is 5.75 Å². The monoisotopic (exact) mass is 293 g/mol. The zero-order valence-electron chi connectivity index (χ0n) is 11.9. The maximum atomic E-state index is 11.5. The molecule has 114 valence electrons. The number of amides is 1. The fourth-order valence-corrected chi connectivity index (χ4v) is 1.52. The maximum absolute atomic E-state index is 11.5. The van der Waals surface area contributed by atoms with Crippen LogP contribution >= 0.6 is 0 Å². The third kappa shape index (κ3) is 7.74. The van der Waals surface area contributed by atoms with Crippen LogP contribution in [0.3, 0.4) is 0 Å². The van der Waals surface area contributed by atoms with Gasteiger partial charge in [0, 0.05) is 26.3 Å². The second-order valence-corrected chi connectivity index (χ2v) is 4.23. The Balaban J connectivity index is 2.39. The molecule has 0 aliphatic rings. The van der Waals surface area contributed by atoms with Crippen LogP contribution in [-0.2, 0) is 14.3 Å². The van der Waals surface area contributed by atoms with Gasteiger partial charge in [-0.3, -0.25) is 4.79 Å². The van der Waals surface area contributed by atoms with Gasteiger partial charge in [0.25, 0.3) is 5.91 Å². The largest absolute Gasteiger partial charge is 0.484 e. The van der Waals surface area contributed by atoms with E-state index in [1.54, 1.807) is 31.4 Å². The molecule has 1 aromatic carbocycles. The molecule has 0 bridgehead atoms. The summed E-state index contributed by atoms with van der Waals surface area (Å²) in [6.07, 6.45) is 3.25. The molecular weight excluding hydrogens is 274 g/mol. The fraction of sp³-hybridized carbons (Fsp3) is 0.333. The number of rotatable bonds is 9. The lowest BCUT2D eigenvalue weighted by atomic mass is 10.2. The standard InChI is InChI=1S/C15H19NO5/c1-20-9-3-8-16-14(17)11-21-13-5-2-4-12(10-13)6-7-15(18)19/h2,4-7,10H,3,8-9,11H2,1H3,(H,16,17)(H,18,19). The highest BCUT2D eigenvalue weighted by atomic mass is 16.5. The molecule has 0 radical (unpaired) electrons. The van der Waals surface area contributed by atoms with Crippen molar-refractivity contribution in [1.29, 1.82) is 0 Å². The summed E-state index contributed by atoms with van der Waals surface area (Å²) < 4.78 is 10.2. The Kier molecular flexibility index (Phi) is 7.60. The Bertz CT molecular complexity index is 499. The molecule has 2 N–H and O–H groups in total. The van der Waals surface area contributed by atoms with Crippen molar-refractivity contribution in [2.75, 3.05) is 26.9 Å². The molecule has 1 rings (SSSR count). The van der Waals surface area contributed by atoms with Crippen molar-refractivity contribution in [3.05, 3.63) is 35.9 Å². The fourth-order valence-electron chi connectivity index (χ4n) is 1.52. The van der Waals surface area contributed by atoms with Crippen LogP contribution in [0.15, 0.2) is 30.3 Å². The molecule has 0 aliphatic heterocycles. The van der Waals surface area contributed by atoms with Crippen LogP contribution in [0.5, 0.6) is 5.75 Å². The highest BCUT2D eigenvalue weighted by Gasteiger charge is 2.02. The van der Waals surface area contributed by atoms with Crippen molar-refractivity contribution in [1.82, 2.24) is 5.32 Å². The van der Waals surface area contributed by atoms with Crippen LogP contribution in [0.2, 0.25) is 0 Å². The zero-order valence-corrected chi connectivity index (χ0v) is 11.9. The summed E-state index contributed by atoms with van der Waals surface area (Å²) in [5, 5.41) is 11.3. The number of hydrogen-bond acceptors (Lipinski definition) is 4. The lowest BCUT2D eigenvalue weighted by molar-refractivity contribution is -0.131. The molecule has 0 aromatic heterocycles. The van der Waals surface area contributed by atoms with Crippen molar-refractivity contribution in [3.63, 3.8) is 0 Å². The van der Waals surface area contributed by atoms with Crippen molar-refractivity contribution in [3.8, 4) is 5.75 Å². The SMILES string of the molecule is COCCCNC(=O)COc1cccc(C=CC(=O)O)c1. The Morgan fingerprint density at radius 2 is 2.19 bits per heavy atom. The lowest BCUT2D eigenvalue weighted by Gasteiger charge is -2.07. The van der Waals surface area contributed by atoms with E-state index in [0.29, 0.717) is 24.5 Å². The maximum Gasteiger partial charge on any atom is 0.328 e. The van der Waals surface area contributed by atoms with Gasteiger partial charge in [-0.1, -0.05) is 12.1 Å². The van der Waals surface area contributed by atoms with E-state index in [1.807, 2.05) is 0 Å². The van der Waals surface area contributed by atoms with Gasteiger partial charge < -0.3 is 19.9 Å². The van der Waals surface area contributed by atoms with Gasteiger partial charge in [0.2, 0.25) is 0 Å². The summed E-state index contributed by atoms with van der Waals surface area (Å²) in [5.74, 6) is -0.719. The topological polar surface area (TPSA) is 84.9 Å². The molecule has 0 aliphatic carbocycles. The number of aliphatic carboxylic acids is 1. The molecule has 0 saturated carbocycles. The number of benzene rings is 1. The number of carbonyl (C=O) groups excluding carboxylic acids is 1. The van der Waals surface area contributed by atoms with Gasteiger partial charge >= 0.3 is 5.97 Å². The highest BCUT2D eigenvalue weighted by molar-refractivity contribution is 5.85. The van der Waals surface area contributed by atoms with Gasteiger partial charge in [0.05, 0.1) is 0 Å². The van der Waals surface area contributed by atoms with Gasteiger partial charge in [-0.25, -0.2) is 4.79 Å². The van der Waals surface area contributed by atoms with Crippen LogP contribution in [0.4, 0.5) is 0 Å². The minimum Gasteiger partial charge on any atom is -0.484 e. The molecular formula is C15H19NO5. The van der Waals surface area contributed by atoms with Gasteiger partial charge in [-0.2, -0.15) is 0 Å². The second-order valence-electron chi connectivity index (χ2n) is 4.23. The summed E-state index contributed by atoms with van der Waals surface area (Å²) in [6, 6.07) is 6.85. The molecule has 0 unspecified atom stereocenters. The van der Waals surface area contributed by atoms with E-state index in [0.717, 1.165) is 12.5 Å². The lowest BCUT2D eigenvalue weighted by Crippen LogP contribution is -2.30. The number of methoxy groups -OCH3 is 1. The van der Waals surface area contributed by atoms with Crippen LogP contribution < -0.4 is 10.1 Å². The zero-order chi connectivity index (χ0) is 15.5. The smallest absolute Gasteiger partial charge is 0.328 e. The van der Waals surface area contributed by atoms with Crippen molar-refractivity contribution < 1.29 is 24.2 Å². The Morgan fingerprint density at radius 1 is 1.38 bits per heavy atom. The van der Waals surface area contributed by atoms with Crippen LogP contribution in [0.1, 0.15) is 12.0 Å². The predicted molar refractivity (Wildman–Crippen MR) is 78.1 cm³/mol. The van der Waals surface area contributed by atoms with E-state index in [-0.39, 0.29) is 12.5 Å². The third-order valence-corrected chi connectivity index (χ3v) is 2.49. The predicted octanol–water partition coefficient (Wildman–Crippen LogP) is 1.32. The van der Waals surface area contributed by atoms with E-state index in [9.17, 15) is 9.59 Å². The first kappa shape index (κ1) is 16.7. The highest BCUT2D eigenvalue weighted by Crippen LogP contribution is 2.14. The van der Waals surface area contributed by atoms with E-state index in [4.69, 9.17) is 14.6 Å². The average Bonchev–Trinajstić information content (AvgIpc) is 2.48. The Hall–Kier alpha value is -2.34. The summed E-state index contributed by atoms with van der Waals surface area (Å²) in [4.78, 5) is 22.0. The molecule has 1 amide bonds. The summed E-state index contributed by atoms with van der Waals surface area (Å²) in [5.41, 5.74) is 0.690. The molecule has 0 atom stereocenters. The molecule has 0 spiro atoms. The van der Waals surface area contributed by atoms with E-state index >= 15 is 0 Å². The van der Waals surface area contributed by atoms with Crippen molar-refractivity contribution >= 4 is 18.0 Å². The van der Waals surface area contributed by atoms with Crippen LogP contribution in [0, 0.1) is 0 Å². The molecule has 0 heterocycles. The van der Waals surface area contributed by atoms with Crippen LogP contribution in [-0.4, -0.2) is 43.9 Å². The van der Waals surface area contributed by atoms with Gasteiger partial charge in [-0.05, 0) is 30.2 Å². The van der Waals surface area contributed by atoms with Crippen molar-refractivity contribution in [2.45, 2.75) is 6.42 Å². The molecule has 6 heteroatoms. The first-order valence-electron chi connectivity index (χ1n) is 6.51. The normalized spacial score (nSPS) is 10.5. The number of ether oxygens (including phenoxy) is 2. The minimum atomic E-state index is -1.02. The van der Waals surface area contributed by atoms with Crippen LogP contribution in [0.25, 0.3) is 6.08 Å². The molecule has 21 heavy (non-hydrogen) atoms. The number of carboxylic acids is 1. The molecule has 0 fully saturated rings. The Labute approximate surface area is 123 Å². The number of hydrogen-bond donors (Lipinski definition) is 2. The first-order valence-corrected chi connectivity index (χ1v) is 6.51. The average molecular weight is 293 g/mol. The summed E-state index contributed by atoms with van der Waals surface area (Å²) in [7, 11) is 1.61. The third-order valence-electron chi connectivity index (χ3n) is 2.49. The Morgan fingerprint density at radius 3 is 2.90 bits per heavy atom. The summed E-state index contributed by atoms with van der Waals surface area (Å²) in [6.45, 7) is 1.05. The van der Waals surface area contributed by atoms with E-state index < -0.39 is 5.97 Å². The van der Waals surface area contributed by atoms with E-state index in [2.05, 4.69) is 5.32 Å². The minimum absolute atomic E-state index is 0.0842. The second kappa shape index (κ2) is 9.55. The first-order chi connectivity index (χ1) is 10.1. The molecule has 1 aromatic rings. The molecule has 6 nitrogen and oxygen atoms in total. The number of carboxylic acid groups (broad SMARTS) is 1. The number of carbonyl (C=O) groups is 2. The number of nitrogens with one attached hydrogen (secondary N) is 1. The van der Waals surface area contributed by atoms with Gasteiger partial charge in [-0.15, -0.1) is 0 Å². The quantitative estimate of drug-likeness (QED) is 0.530. The summed E-state index contributed by atoms with van der Waals surface area (Å²) >= 11 is 0. The van der Waals surface area contributed by atoms with Gasteiger partial charge in [0.15, 0.2) is 6.61 Å².